The largest absolute Gasteiger partial charge is 0.458 e. The lowest BCUT2D eigenvalue weighted by Gasteiger charge is -2.35. The molecule has 0 atom stereocenters. The number of benzene rings is 11. The molecule has 72 heavy (non-hydrogen) atoms. The zero-order chi connectivity index (χ0) is 47.3. The summed E-state index contributed by atoms with van der Waals surface area (Å²) < 4.78 is 19.1. The van der Waals surface area contributed by atoms with E-state index >= 15 is 0 Å². The average Bonchev–Trinajstić information content (AvgIpc) is 3.97. The van der Waals surface area contributed by atoms with Gasteiger partial charge in [-0.25, -0.2) is 0 Å². The van der Waals surface area contributed by atoms with Crippen LogP contribution in [-0.4, -0.2) is 15.8 Å². The smallest absolute Gasteiger partial charge is 0.260 e. The van der Waals surface area contributed by atoms with Crippen molar-refractivity contribution in [2.24, 2.45) is 0 Å². The Bertz CT molecular complexity index is 3930. The third-order valence-corrected chi connectivity index (χ3v) is 14.8. The Kier molecular flexibility index (Phi) is 8.99. The Hall–Kier alpha value is -9.52. The predicted octanol–water partition coefficient (Wildman–Crippen LogP) is 15.4. The first-order valence-corrected chi connectivity index (χ1v) is 24.6. The highest BCUT2D eigenvalue weighted by Crippen LogP contribution is 2.44. The number of rotatable bonds is 7. The van der Waals surface area contributed by atoms with Gasteiger partial charge in [-0.2, -0.15) is 0 Å². The highest BCUT2D eigenvalue weighted by atomic mass is 16.5. The van der Waals surface area contributed by atoms with E-state index in [4.69, 9.17) is 9.47 Å². The van der Waals surface area contributed by atoms with E-state index in [1.807, 2.05) is 0 Å². The molecule has 5 nitrogen and oxygen atoms in total. The Balaban J connectivity index is 0.879. The Labute approximate surface area is 416 Å². The van der Waals surface area contributed by atoms with E-state index in [1.54, 1.807) is 0 Å². The van der Waals surface area contributed by atoms with Crippen molar-refractivity contribution in [3.8, 4) is 56.6 Å². The number of hydrogen-bond acceptors (Lipinski definition) is 3. The summed E-state index contributed by atoms with van der Waals surface area (Å²) in [5.74, 6) is 3.22. The highest BCUT2D eigenvalue weighted by Gasteiger charge is 2.41. The molecule has 11 aromatic carbocycles. The van der Waals surface area contributed by atoms with E-state index in [2.05, 4.69) is 269 Å². The summed E-state index contributed by atoms with van der Waals surface area (Å²) in [5, 5.41) is 4.97. The molecular weight excluding hydrogens is 878 g/mol. The van der Waals surface area contributed by atoms with Gasteiger partial charge in [0, 0.05) is 61.9 Å². The van der Waals surface area contributed by atoms with Gasteiger partial charge in [0.15, 0.2) is 0 Å². The van der Waals surface area contributed by atoms with Crippen LogP contribution in [0.2, 0.25) is 0 Å². The molecule has 0 amide bonds. The van der Waals surface area contributed by atoms with Crippen LogP contribution in [0.25, 0.3) is 77.2 Å². The first-order chi connectivity index (χ1) is 35.7. The Morgan fingerprint density at radius 2 is 0.667 bits per heavy atom. The lowest BCUT2D eigenvalue weighted by Crippen LogP contribution is -2.57. The van der Waals surface area contributed by atoms with Gasteiger partial charge in [0.25, 0.3) is 6.71 Å². The van der Waals surface area contributed by atoms with E-state index in [1.165, 1.54) is 43.6 Å². The first-order valence-electron chi connectivity index (χ1n) is 24.6. The molecule has 6 heteroatoms. The molecule has 0 N–H and O–H groups in total. The average molecular weight is 920 g/mol. The Morgan fingerprint density at radius 1 is 0.292 bits per heavy atom. The summed E-state index contributed by atoms with van der Waals surface area (Å²) in [7, 11) is 0. The molecule has 2 aliphatic rings. The van der Waals surface area contributed by atoms with Crippen LogP contribution in [0.1, 0.15) is 0 Å². The zero-order valence-electron chi connectivity index (χ0n) is 39.0. The summed E-state index contributed by atoms with van der Waals surface area (Å²) in [6.45, 7) is -0.130. The lowest BCUT2D eigenvalue weighted by molar-refractivity contribution is 0.465. The first kappa shape index (κ1) is 40.4. The van der Waals surface area contributed by atoms with Gasteiger partial charge in [-0.1, -0.05) is 158 Å². The van der Waals surface area contributed by atoms with Gasteiger partial charge in [-0.05, 0) is 118 Å². The van der Waals surface area contributed by atoms with Crippen LogP contribution in [0.5, 0.6) is 23.0 Å². The number of ether oxygens (including phenoxy) is 2. The highest BCUT2D eigenvalue weighted by molar-refractivity contribution is 6.98. The number of aromatic nitrogens is 2. The molecule has 0 aliphatic carbocycles. The molecular formula is C66H42BN3O2. The minimum atomic E-state index is -0.130. The van der Waals surface area contributed by atoms with Gasteiger partial charge in [0.2, 0.25) is 0 Å². The third-order valence-electron chi connectivity index (χ3n) is 14.8. The summed E-state index contributed by atoms with van der Waals surface area (Å²) in [4.78, 5) is 2.27. The van der Waals surface area contributed by atoms with Crippen LogP contribution in [0, 0.1) is 0 Å². The number of anilines is 3. The normalized spacial score (nSPS) is 12.4. The van der Waals surface area contributed by atoms with Crippen LogP contribution < -0.4 is 30.8 Å². The molecule has 0 radical (unpaired) electrons. The van der Waals surface area contributed by atoms with Gasteiger partial charge in [-0.3, -0.25) is 0 Å². The van der Waals surface area contributed by atoms with E-state index < -0.39 is 0 Å². The van der Waals surface area contributed by atoms with Crippen molar-refractivity contribution in [1.82, 2.24) is 9.13 Å². The van der Waals surface area contributed by atoms with Gasteiger partial charge in [0.05, 0.1) is 27.8 Å². The molecule has 0 bridgehead atoms. The molecule has 4 heterocycles. The Morgan fingerprint density at radius 3 is 1.08 bits per heavy atom. The monoisotopic (exact) mass is 919 g/mol. The van der Waals surface area contributed by atoms with Gasteiger partial charge >= 0.3 is 0 Å². The maximum absolute atomic E-state index is 7.17. The molecule has 0 unspecified atom stereocenters. The summed E-state index contributed by atoms with van der Waals surface area (Å²) in [6.07, 6.45) is 0. The number of para-hydroxylation sites is 6. The molecule has 0 saturated carbocycles. The van der Waals surface area contributed by atoms with Crippen LogP contribution in [0.4, 0.5) is 17.1 Å². The van der Waals surface area contributed by atoms with Crippen molar-refractivity contribution < 1.29 is 9.47 Å². The van der Waals surface area contributed by atoms with Crippen molar-refractivity contribution in [3.63, 3.8) is 0 Å². The third kappa shape index (κ3) is 6.29. The van der Waals surface area contributed by atoms with Gasteiger partial charge < -0.3 is 23.5 Å². The number of fused-ring (bicyclic) bond motifs is 10. The van der Waals surface area contributed by atoms with Crippen molar-refractivity contribution in [3.05, 3.63) is 255 Å². The minimum absolute atomic E-state index is 0.130. The summed E-state index contributed by atoms with van der Waals surface area (Å²) in [6, 6.07) is 91.3. The van der Waals surface area contributed by atoms with Crippen LogP contribution in [0.3, 0.4) is 0 Å². The maximum Gasteiger partial charge on any atom is 0.260 e. The molecule has 15 rings (SSSR count). The minimum Gasteiger partial charge on any atom is -0.458 e. The zero-order valence-corrected chi connectivity index (χ0v) is 39.0. The van der Waals surface area contributed by atoms with Crippen LogP contribution in [0.15, 0.2) is 255 Å². The fraction of sp³-hybridized carbons (Fsp3) is 0. The van der Waals surface area contributed by atoms with E-state index in [0.29, 0.717) is 0 Å². The fourth-order valence-electron chi connectivity index (χ4n) is 11.6. The molecule has 13 aromatic rings. The molecule has 0 saturated heterocycles. The summed E-state index contributed by atoms with van der Waals surface area (Å²) >= 11 is 0. The quantitative estimate of drug-likeness (QED) is 0.149. The van der Waals surface area contributed by atoms with Crippen molar-refractivity contribution in [2.45, 2.75) is 0 Å². The van der Waals surface area contributed by atoms with Crippen LogP contribution in [-0.2, 0) is 0 Å². The van der Waals surface area contributed by atoms with Crippen molar-refractivity contribution >= 4 is 83.8 Å². The standard InChI is InChI=1S/C66H42BN3O2/c1-3-19-47(20-4-1)68(48-21-5-2-6-22-48)51-41-64-66-65(42-51)72-63-40-46(44-18-16-24-50(38-44)70-60-31-13-9-27-54(60)55-28-10-14-32-61(55)70)34-36-57(63)67(66)56-35-33-45(39-62(56)71-64)43-17-15-23-49(37-43)69-58-29-11-7-25-52(58)53-26-8-12-30-59(53)69/h1-42H. The predicted molar refractivity (Wildman–Crippen MR) is 298 cm³/mol. The molecule has 0 fully saturated rings. The summed E-state index contributed by atoms with van der Waals surface area (Å²) in [5.41, 5.74) is 17.6. The SMILES string of the molecule is c1ccc(N(c2ccccc2)c2cc3c4c(c2)Oc2cc(-c5cccc(-n6c7ccccc7c7ccccc76)c5)ccc2B4c2ccc(-c4cccc(-n5c6ccccc6c6ccccc65)c4)cc2O3)cc1. The van der Waals surface area contributed by atoms with Gasteiger partial charge in [0.1, 0.15) is 23.0 Å². The topological polar surface area (TPSA) is 31.6 Å². The van der Waals surface area contributed by atoms with Crippen molar-refractivity contribution in [1.29, 1.82) is 0 Å². The maximum atomic E-state index is 7.17. The van der Waals surface area contributed by atoms with E-state index in [-0.39, 0.29) is 6.71 Å². The molecule has 2 aliphatic heterocycles. The van der Waals surface area contributed by atoms with Crippen LogP contribution >= 0.6 is 0 Å². The second-order valence-corrected chi connectivity index (χ2v) is 18.8. The number of hydrogen-bond donors (Lipinski definition) is 0. The van der Waals surface area contributed by atoms with E-state index in [9.17, 15) is 0 Å². The second-order valence-electron chi connectivity index (χ2n) is 18.8. The lowest BCUT2D eigenvalue weighted by atomic mass is 9.34. The van der Waals surface area contributed by atoms with E-state index in [0.717, 1.165) is 90.1 Å². The number of nitrogens with zero attached hydrogens (tertiary/aromatic N) is 3. The van der Waals surface area contributed by atoms with Gasteiger partial charge in [-0.15, -0.1) is 0 Å². The van der Waals surface area contributed by atoms with Crippen molar-refractivity contribution in [2.75, 3.05) is 4.90 Å². The molecule has 2 aromatic heterocycles. The molecule has 336 valence electrons. The fourth-order valence-corrected chi connectivity index (χ4v) is 11.6. The molecule has 0 spiro atoms. The second kappa shape index (κ2) is 16.0.